The van der Waals surface area contributed by atoms with Crippen molar-refractivity contribution < 1.29 is 4.74 Å². The molecule has 1 heteroatoms. The monoisotopic (exact) mass is 495 g/mol. The van der Waals surface area contributed by atoms with E-state index in [1.165, 1.54) is 180 Å². The van der Waals surface area contributed by atoms with Crippen LogP contribution in [-0.4, -0.2) is 12.2 Å². The van der Waals surface area contributed by atoms with Crippen molar-refractivity contribution in [1.29, 1.82) is 0 Å². The summed E-state index contributed by atoms with van der Waals surface area (Å²) in [7, 11) is 0. The van der Waals surface area contributed by atoms with Gasteiger partial charge in [0.05, 0.1) is 5.60 Å². The highest BCUT2D eigenvalue weighted by Gasteiger charge is 2.23. The minimum Gasteiger partial charge on any atom is -0.375 e. The van der Waals surface area contributed by atoms with Gasteiger partial charge in [0.2, 0.25) is 0 Å². The van der Waals surface area contributed by atoms with Crippen LogP contribution in [0, 0.1) is 0 Å². The smallest absolute Gasteiger partial charge is 0.0654 e. The van der Waals surface area contributed by atoms with E-state index in [0.717, 1.165) is 6.61 Å². The van der Waals surface area contributed by atoms with Crippen LogP contribution in [0.1, 0.15) is 207 Å². The first-order chi connectivity index (χ1) is 17.2. The topological polar surface area (TPSA) is 9.23 Å². The van der Waals surface area contributed by atoms with Gasteiger partial charge in [-0.3, -0.25) is 0 Å². The second-order valence-electron chi connectivity index (χ2n) is 11.9. The highest BCUT2D eigenvalue weighted by atomic mass is 16.5. The Bertz CT molecular complexity index is 379. The molecule has 0 bridgehead atoms. The first-order valence-electron chi connectivity index (χ1n) is 16.8. The average molecular weight is 495 g/mol. The second-order valence-corrected chi connectivity index (χ2v) is 11.9. The molecule has 1 unspecified atom stereocenters. The van der Waals surface area contributed by atoms with Crippen LogP contribution < -0.4 is 0 Å². The zero-order chi connectivity index (χ0) is 25.7. The predicted octanol–water partition coefficient (Wildman–Crippen LogP) is 12.7. The maximum absolute atomic E-state index is 6.61. The Kier molecular flexibility index (Phi) is 28.5. The zero-order valence-electron chi connectivity index (χ0n) is 25.4. The molecule has 0 fully saturated rings. The average Bonchev–Trinajstić information content (AvgIpc) is 2.86. The van der Waals surface area contributed by atoms with Crippen LogP contribution in [0.25, 0.3) is 0 Å². The van der Waals surface area contributed by atoms with Crippen molar-refractivity contribution in [3.05, 3.63) is 0 Å². The van der Waals surface area contributed by atoms with Crippen molar-refractivity contribution in [3.63, 3.8) is 0 Å². The second kappa shape index (κ2) is 28.5. The molecule has 0 aliphatic rings. The summed E-state index contributed by atoms with van der Waals surface area (Å²) in [5.41, 5.74) is 0.129. The molecule has 0 spiro atoms. The minimum absolute atomic E-state index is 0.129. The fraction of sp³-hybridized carbons (Fsp3) is 1.00. The summed E-state index contributed by atoms with van der Waals surface area (Å²) in [6, 6.07) is 0. The van der Waals surface area contributed by atoms with Gasteiger partial charge < -0.3 is 4.74 Å². The van der Waals surface area contributed by atoms with Crippen LogP contribution in [0.2, 0.25) is 0 Å². The Hall–Kier alpha value is -0.0400. The molecule has 0 aliphatic carbocycles. The van der Waals surface area contributed by atoms with Crippen molar-refractivity contribution >= 4 is 0 Å². The molecule has 0 aromatic rings. The molecule has 0 radical (unpaired) electrons. The highest BCUT2D eigenvalue weighted by Crippen LogP contribution is 2.27. The fourth-order valence-electron chi connectivity index (χ4n) is 5.44. The zero-order valence-corrected chi connectivity index (χ0v) is 25.4. The third-order valence-corrected chi connectivity index (χ3v) is 8.07. The van der Waals surface area contributed by atoms with Crippen LogP contribution >= 0.6 is 0 Å². The van der Waals surface area contributed by atoms with Crippen molar-refractivity contribution in [2.45, 2.75) is 213 Å². The quantitative estimate of drug-likeness (QED) is 0.0902. The standard InChI is InChI=1S/C34H70O/c1-5-8-11-14-17-19-20-21-23-26-29-32-34(4,31-28-25-22-16-13-10-7-3)35-33-30-27-24-18-15-12-9-6-2/h5-33H2,1-4H3. The molecule has 0 saturated carbocycles. The van der Waals surface area contributed by atoms with Gasteiger partial charge in [0, 0.05) is 6.61 Å². The van der Waals surface area contributed by atoms with Gasteiger partial charge in [0.25, 0.3) is 0 Å². The van der Waals surface area contributed by atoms with E-state index in [-0.39, 0.29) is 5.60 Å². The van der Waals surface area contributed by atoms with E-state index in [4.69, 9.17) is 4.74 Å². The van der Waals surface area contributed by atoms with Crippen LogP contribution in [0.15, 0.2) is 0 Å². The van der Waals surface area contributed by atoms with Crippen LogP contribution in [-0.2, 0) is 4.74 Å². The van der Waals surface area contributed by atoms with Gasteiger partial charge in [-0.05, 0) is 26.2 Å². The van der Waals surface area contributed by atoms with Crippen molar-refractivity contribution in [2.75, 3.05) is 6.61 Å². The molecule has 1 atom stereocenters. The lowest BCUT2D eigenvalue weighted by atomic mass is 9.91. The first-order valence-corrected chi connectivity index (χ1v) is 16.8. The summed E-state index contributed by atoms with van der Waals surface area (Å²) < 4.78 is 6.61. The maximum atomic E-state index is 6.61. The van der Waals surface area contributed by atoms with Crippen LogP contribution in [0.5, 0.6) is 0 Å². The molecule has 0 N–H and O–H groups in total. The maximum Gasteiger partial charge on any atom is 0.0654 e. The number of hydrogen-bond acceptors (Lipinski definition) is 1. The summed E-state index contributed by atoms with van der Waals surface area (Å²) in [6.07, 6.45) is 39.2. The van der Waals surface area contributed by atoms with Crippen molar-refractivity contribution in [1.82, 2.24) is 0 Å². The Morgan fingerprint density at radius 2 is 0.600 bits per heavy atom. The lowest BCUT2D eigenvalue weighted by Crippen LogP contribution is -2.29. The fourth-order valence-corrected chi connectivity index (χ4v) is 5.44. The summed E-state index contributed by atoms with van der Waals surface area (Å²) in [6.45, 7) is 10.3. The summed E-state index contributed by atoms with van der Waals surface area (Å²) in [4.78, 5) is 0. The molecule has 0 amide bonds. The molecule has 0 saturated heterocycles. The van der Waals surface area contributed by atoms with Gasteiger partial charge >= 0.3 is 0 Å². The Morgan fingerprint density at radius 3 is 0.914 bits per heavy atom. The first kappa shape index (κ1) is 35.0. The third kappa shape index (κ3) is 26.8. The van der Waals surface area contributed by atoms with Crippen LogP contribution in [0.4, 0.5) is 0 Å². The Balaban J connectivity index is 4.01. The van der Waals surface area contributed by atoms with Gasteiger partial charge in [-0.15, -0.1) is 0 Å². The molecule has 212 valence electrons. The predicted molar refractivity (Wildman–Crippen MR) is 161 cm³/mol. The Labute approximate surface area is 224 Å². The van der Waals surface area contributed by atoms with Crippen LogP contribution in [0.3, 0.4) is 0 Å². The summed E-state index contributed by atoms with van der Waals surface area (Å²) >= 11 is 0. The Morgan fingerprint density at radius 1 is 0.343 bits per heavy atom. The molecule has 0 aliphatic heterocycles. The van der Waals surface area contributed by atoms with Crippen molar-refractivity contribution in [3.8, 4) is 0 Å². The summed E-state index contributed by atoms with van der Waals surface area (Å²) in [5, 5.41) is 0. The molecule has 0 aromatic carbocycles. The van der Waals surface area contributed by atoms with E-state index in [9.17, 15) is 0 Å². The molecule has 0 rings (SSSR count). The molecule has 35 heavy (non-hydrogen) atoms. The van der Waals surface area contributed by atoms with Gasteiger partial charge in [-0.2, -0.15) is 0 Å². The molecular formula is C34H70O. The van der Waals surface area contributed by atoms with E-state index in [0.29, 0.717) is 0 Å². The molecule has 0 heterocycles. The molecular weight excluding hydrogens is 424 g/mol. The van der Waals surface area contributed by atoms with Gasteiger partial charge in [-0.25, -0.2) is 0 Å². The van der Waals surface area contributed by atoms with E-state index in [2.05, 4.69) is 27.7 Å². The van der Waals surface area contributed by atoms with Gasteiger partial charge in [0.1, 0.15) is 0 Å². The lowest BCUT2D eigenvalue weighted by molar-refractivity contribution is -0.0482. The van der Waals surface area contributed by atoms with E-state index in [1.54, 1.807) is 0 Å². The minimum atomic E-state index is 0.129. The lowest BCUT2D eigenvalue weighted by Gasteiger charge is -2.30. The molecule has 0 aromatic heterocycles. The highest BCUT2D eigenvalue weighted by molar-refractivity contribution is 4.75. The van der Waals surface area contributed by atoms with E-state index in [1.807, 2.05) is 0 Å². The largest absolute Gasteiger partial charge is 0.375 e. The third-order valence-electron chi connectivity index (χ3n) is 8.07. The van der Waals surface area contributed by atoms with E-state index >= 15 is 0 Å². The van der Waals surface area contributed by atoms with Gasteiger partial charge in [0.15, 0.2) is 0 Å². The summed E-state index contributed by atoms with van der Waals surface area (Å²) in [5.74, 6) is 0. The SMILES string of the molecule is CCCCCCCCCCCCCC(C)(CCCCCCCCC)OCCCCCCCCCC. The van der Waals surface area contributed by atoms with Crippen molar-refractivity contribution in [2.24, 2.45) is 0 Å². The normalized spacial score (nSPS) is 13.4. The number of rotatable bonds is 30. The van der Waals surface area contributed by atoms with Gasteiger partial charge in [-0.1, -0.05) is 181 Å². The number of hydrogen-bond donors (Lipinski definition) is 0. The number of unbranched alkanes of at least 4 members (excludes halogenated alkanes) is 23. The number of ether oxygens (including phenoxy) is 1. The van der Waals surface area contributed by atoms with E-state index < -0.39 is 0 Å². The molecule has 1 nitrogen and oxygen atoms in total.